The van der Waals surface area contributed by atoms with Crippen molar-refractivity contribution in [3.8, 4) is 11.1 Å². The zero-order chi connectivity index (χ0) is 17.8. The van der Waals surface area contributed by atoms with Gasteiger partial charge in [-0.2, -0.15) is 0 Å². The second-order valence-electron chi connectivity index (χ2n) is 6.05. The fraction of sp³-hybridized carbons (Fsp3) is 0. The van der Waals surface area contributed by atoms with Gasteiger partial charge in [0.05, 0.1) is 0 Å². The van der Waals surface area contributed by atoms with Crippen molar-refractivity contribution in [1.82, 2.24) is 0 Å². The molecule has 0 spiro atoms. The summed E-state index contributed by atoms with van der Waals surface area (Å²) >= 11 is 4.17. The van der Waals surface area contributed by atoms with Gasteiger partial charge in [0.2, 0.25) is 0 Å². The van der Waals surface area contributed by atoms with Gasteiger partial charge in [-0.3, -0.25) is 0 Å². The summed E-state index contributed by atoms with van der Waals surface area (Å²) in [5.74, 6) is 0. The third kappa shape index (κ3) is 3.23. The predicted molar refractivity (Wildman–Crippen MR) is 116 cm³/mol. The molecule has 0 atom stereocenters. The molecule has 0 N–H and O–H groups in total. The van der Waals surface area contributed by atoms with Gasteiger partial charge >= 0.3 is 0 Å². The van der Waals surface area contributed by atoms with Gasteiger partial charge in [0.1, 0.15) is 0 Å². The van der Waals surface area contributed by atoms with Crippen LogP contribution in [0.3, 0.4) is 0 Å². The third-order valence-electron chi connectivity index (χ3n) is 4.42. The lowest BCUT2D eigenvalue weighted by Gasteiger charge is -2.35. The smallest absolute Gasteiger partial charge is 0.00787 e. The van der Waals surface area contributed by atoms with E-state index in [1.165, 1.54) is 25.8 Å². The van der Waals surface area contributed by atoms with E-state index >= 15 is 0 Å². The Hall–Kier alpha value is -2.29. The Morgan fingerprint density at radius 2 is 0.731 bits per heavy atom. The first-order valence-corrected chi connectivity index (χ1v) is 12.0. The van der Waals surface area contributed by atoms with Crippen molar-refractivity contribution in [3.63, 3.8) is 0 Å². The van der Waals surface area contributed by atoms with E-state index in [9.17, 15) is 0 Å². The quantitative estimate of drug-likeness (QED) is 0.315. The van der Waals surface area contributed by atoms with Gasteiger partial charge in [0.25, 0.3) is 0 Å². The fourth-order valence-corrected chi connectivity index (χ4v) is 7.42. The summed E-state index contributed by atoms with van der Waals surface area (Å²) in [7, 11) is -1.46. The minimum atomic E-state index is -1.46. The lowest BCUT2D eigenvalue weighted by molar-refractivity contribution is 1.32. The van der Waals surface area contributed by atoms with Crippen LogP contribution in [-0.4, -0.2) is 0 Å². The van der Waals surface area contributed by atoms with E-state index in [1.54, 1.807) is 0 Å². The Labute approximate surface area is 164 Å². The number of hydrogen-bond donors (Lipinski definition) is 0. The standard InChI is InChI=1S/C24H19BrS/c25-26(22-12-6-2-7-13-22,23-14-8-3-9-15-23)24-18-16-21(17-19-24)20-10-4-1-5-11-20/h1-19H. The van der Waals surface area contributed by atoms with Gasteiger partial charge in [0, 0.05) is 14.7 Å². The average Bonchev–Trinajstić information content (AvgIpc) is 2.75. The van der Waals surface area contributed by atoms with E-state index in [0.717, 1.165) is 0 Å². The van der Waals surface area contributed by atoms with Crippen LogP contribution in [0.15, 0.2) is 130 Å². The third-order valence-corrected chi connectivity index (χ3v) is 10.6. The normalized spacial score (nSPS) is 11.9. The molecule has 0 radical (unpaired) electrons. The molecule has 0 bridgehead atoms. The van der Waals surface area contributed by atoms with Gasteiger partial charge in [-0.15, -0.1) is 8.46 Å². The van der Waals surface area contributed by atoms with Crippen LogP contribution in [0.25, 0.3) is 11.1 Å². The lowest BCUT2D eigenvalue weighted by Crippen LogP contribution is -1.96. The molecule has 128 valence electrons. The molecule has 0 aliphatic rings. The summed E-state index contributed by atoms with van der Waals surface area (Å²) in [4.78, 5) is 3.91. The topological polar surface area (TPSA) is 0 Å². The molecule has 0 aliphatic carbocycles. The molecule has 2 heteroatoms. The molecule has 26 heavy (non-hydrogen) atoms. The number of halogens is 1. The molecular weight excluding hydrogens is 400 g/mol. The van der Waals surface area contributed by atoms with Gasteiger partial charge in [0.15, 0.2) is 0 Å². The second-order valence-corrected chi connectivity index (χ2v) is 11.5. The molecule has 0 amide bonds. The Morgan fingerprint density at radius 1 is 0.385 bits per heavy atom. The van der Waals surface area contributed by atoms with Crippen molar-refractivity contribution in [3.05, 3.63) is 115 Å². The van der Waals surface area contributed by atoms with Crippen molar-refractivity contribution < 1.29 is 0 Å². The number of benzene rings is 4. The van der Waals surface area contributed by atoms with Gasteiger partial charge in [-0.1, -0.05) is 78.9 Å². The van der Waals surface area contributed by atoms with E-state index in [1.807, 2.05) is 0 Å². The highest BCUT2D eigenvalue weighted by Gasteiger charge is 2.27. The van der Waals surface area contributed by atoms with Crippen LogP contribution in [0.1, 0.15) is 0 Å². The van der Waals surface area contributed by atoms with Crippen molar-refractivity contribution in [2.45, 2.75) is 14.7 Å². The molecule has 0 saturated heterocycles. The zero-order valence-corrected chi connectivity index (χ0v) is 16.7. The van der Waals surface area contributed by atoms with E-state index in [-0.39, 0.29) is 0 Å². The van der Waals surface area contributed by atoms with Crippen LogP contribution in [0, 0.1) is 0 Å². The minimum absolute atomic E-state index is 1.24. The van der Waals surface area contributed by atoms with Gasteiger partial charge < -0.3 is 0 Å². The SMILES string of the molecule is BrS(c1ccccc1)(c1ccccc1)c1ccc(-c2ccccc2)cc1. The molecular formula is C24H19BrS. The van der Waals surface area contributed by atoms with Crippen LogP contribution in [0.2, 0.25) is 0 Å². The van der Waals surface area contributed by atoms with Crippen molar-refractivity contribution in [1.29, 1.82) is 0 Å². The van der Waals surface area contributed by atoms with E-state index < -0.39 is 8.46 Å². The van der Waals surface area contributed by atoms with E-state index in [2.05, 4.69) is 130 Å². The molecule has 4 rings (SSSR count). The molecule has 0 unspecified atom stereocenters. The number of hydrogen-bond acceptors (Lipinski definition) is 0. The molecule has 0 aromatic heterocycles. The van der Waals surface area contributed by atoms with E-state index in [4.69, 9.17) is 0 Å². The Kier molecular flexibility index (Phi) is 4.96. The van der Waals surface area contributed by atoms with E-state index in [0.29, 0.717) is 0 Å². The molecule has 4 aromatic rings. The fourth-order valence-electron chi connectivity index (χ4n) is 3.09. The van der Waals surface area contributed by atoms with Crippen LogP contribution in [0.4, 0.5) is 0 Å². The van der Waals surface area contributed by atoms with Crippen LogP contribution >= 0.6 is 23.3 Å². The van der Waals surface area contributed by atoms with Crippen LogP contribution < -0.4 is 0 Å². The number of rotatable bonds is 4. The first-order chi connectivity index (χ1) is 12.8. The summed E-state index contributed by atoms with van der Waals surface area (Å²) < 4.78 is 0. The summed E-state index contributed by atoms with van der Waals surface area (Å²) in [6.07, 6.45) is 0. The van der Waals surface area contributed by atoms with Crippen molar-refractivity contribution in [2.75, 3.05) is 0 Å². The Morgan fingerprint density at radius 3 is 1.19 bits per heavy atom. The van der Waals surface area contributed by atoms with Gasteiger partial charge in [-0.05, 0) is 62.3 Å². The maximum Gasteiger partial charge on any atom is 0.00787 e. The maximum atomic E-state index is 4.17. The van der Waals surface area contributed by atoms with Crippen LogP contribution in [0.5, 0.6) is 0 Å². The first-order valence-electron chi connectivity index (χ1n) is 8.57. The monoisotopic (exact) mass is 418 g/mol. The highest BCUT2D eigenvalue weighted by Crippen LogP contribution is 2.73. The molecule has 0 aliphatic heterocycles. The summed E-state index contributed by atoms with van der Waals surface area (Å²) in [5.41, 5.74) is 2.48. The highest BCUT2D eigenvalue weighted by molar-refractivity contribution is 9.58. The molecule has 0 nitrogen and oxygen atoms in total. The minimum Gasteiger partial charge on any atom is -0.101 e. The largest absolute Gasteiger partial charge is 0.101 e. The average molecular weight is 419 g/mol. The molecule has 4 aromatic carbocycles. The molecule has 0 saturated carbocycles. The summed E-state index contributed by atoms with van der Waals surface area (Å²) in [6.45, 7) is 0. The summed E-state index contributed by atoms with van der Waals surface area (Å²) in [6, 6.07) is 40.9. The Balaban J connectivity index is 1.83. The van der Waals surface area contributed by atoms with Crippen molar-refractivity contribution >= 4 is 23.3 Å². The molecule has 0 heterocycles. The predicted octanol–water partition coefficient (Wildman–Crippen LogP) is 7.95. The lowest BCUT2D eigenvalue weighted by atomic mass is 10.1. The van der Waals surface area contributed by atoms with Crippen LogP contribution in [-0.2, 0) is 0 Å². The molecule has 0 fully saturated rings. The Bertz CT molecular complexity index is 925. The van der Waals surface area contributed by atoms with Crippen molar-refractivity contribution in [2.24, 2.45) is 0 Å². The maximum absolute atomic E-state index is 4.17. The second kappa shape index (κ2) is 7.53. The first kappa shape index (κ1) is 17.1. The highest BCUT2D eigenvalue weighted by atomic mass is 79.9. The zero-order valence-electron chi connectivity index (χ0n) is 14.3. The van der Waals surface area contributed by atoms with Gasteiger partial charge in [-0.25, -0.2) is 0 Å². The summed E-state index contributed by atoms with van der Waals surface area (Å²) in [5, 5.41) is 0.